The van der Waals surface area contributed by atoms with Gasteiger partial charge in [0.15, 0.2) is 0 Å². The highest BCUT2D eigenvalue weighted by Crippen LogP contribution is 2.22. The highest BCUT2D eigenvalue weighted by atomic mass is 35.5. The van der Waals surface area contributed by atoms with Crippen molar-refractivity contribution in [1.82, 2.24) is 10.2 Å². The largest absolute Gasteiger partial charge is 0.324 e. The lowest BCUT2D eigenvalue weighted by Crippen LogP contribution is -2.42. The molecule has 1 N–H and O–H groups in total. The van der Waals surface area contributed by atoms with Crippen LogP contribution in [-0.4, -0.2) is 29.3 Å². The molecule has 0 saturated carbocycles. The minimum atomic E-state index is -0.733. The van der Waals surface area contributed by atoms with Crippen molar-refractivity contribution in [2.24, 2.45) is 0 Å². The van der Waals surface area contributed by atoms with Crippen LogP contribution in [0.3, 0.4) is 0 Å². The van der Waals surface area contributed by atoms with Crippen molar-refractivity contribution >= 4 is 46.5 Å². The van der Waals surface area contributed by atoms with Gasteiger partial charge in [0.25, 0.3) is 0 Å². The molecule has 0 radical (unpaired) electrons. The Hall–Kier alpha value is -0.780. The molecule has 0 bridgehead atoms. The van der Waals surface area contributed by atoms with Gasteiger partial charge in [0.2, 0.25) is 5.91 Å². The zero-order chi connectivity index (χ0) is 13.0. The third-order valence-electron chi connectivity index (χ3n) is 1.96. The van der Waals surface area contributed by atoms with Gasteiger partial charge in [0, 0.05) is 11.9 Å². The Kier molecular flexibility index (Phi) is 5.24. The molecule has 0 aliphatic heterocycles. The molecule has 3 amide bonds. The molecule has 7 heteroatoms. The summed E-state index contributed by atoms with van der Waals surface area (Å²) in [6.07, 6.45) is 0. The summed E-state index contributed by atoms with van der Waals surface area (Å²) in [6.45, 7) is 1.90. The lowest BCUT2D eigenvalue weighted by molar-refractivity contribution is -0.119. The average Bonchev–Trinajstić information content (AvgIpc) is 2.63. The number of nitrogens with one attached hydrogen (secondary N) is 1. The lowest BCUT2D eigenvalue weighted by atomic mass is 10.4. The highest BCUT2D eigenvalue weighted by molar-refractivity contribution is 7.16. The Morgan fingerprint density at radius 3 is 2.65 bits per heavy atom. The van der Waals surface area contributed by atoms with Crippen molar-refractivity contribution in [3.8, 4) is 0 Å². The Balaban J connectivity index is 2.50. The second-order valence-corrected chi connectivity index (χ2v) is 5.93. The van der Waals surface area contributed by atoms with Crippen LogP contribution in [0.5, 0.6) is 0 Å². The summed E-state index contributed by atoms with van der Waals surface area (Å²) in [4.78, 5) is 25.1. The number of amides is 3. The normalized spacial score (nSPS) is 12.0. The Morgan fingerprint density at radius 2 is 2.18 bits per heavy atom. The van der Waals surface area contributed by atoms with Crippen LogP contribution in [0.1, 0.15) is 11.8 Å². The molecule has 1 unspecified atom stereocenters. The van der Waals surface area contributed by atoms with Gasteiger partial charge in [-0.05, 0) is 19.1 Å². The molecule has 94 valence electrons. The monoisotopic (exact) mass is 294 g/mol. The van der Waals surface area contributed by atoms with Gasteiger partial charge < -0.3 is 4.90 Å². The van der Waals surface area contributed by atoms with Gasteiger partial charge in [-0.3, -0.25) is 10.1 Å². The van der Waals surface area contributed by atoms with E-state index in [1.165, 1.54) is 23.2 Å². The Bertz CT molecular complexity index is 420. The first-order chi connectivity index (χ1) is 7.90. The number of nitrogens with zero attached hydrogens (tertiary/aromatic N) is 1. The molecule has 17 heavy (non-hydrogen) atoms. The summed E-state index contributed by atoms with van der Waals surface area (Å²) in [7, 11) is 1.59. The quantitative estimate of drug-likeness (QED) is 0.872. The summed E-state index contributed by atoms with van der Waals surface area (Å²) < 4.78 is 0.666. The van der Waals surface area contributed by atoms with E-state index in [2.05, 4.69) is 5.32 Å². The van der Waals surface area contributed by atoms with E-state index in [-0.39, 0.29) is 0 Å². The van der Waals surface area contributed by atoms with Crippen molar-refractivity contribution < 1.29 is 9.59 Å². The maximum atomic E-state index is 11.6. The summed E-state index contributed by atoms with van der Waals surface area (Å²) in [5.74, 6) is -0.507. The average molecular weight is 295 g/mol. The standard InChI is InChI=1S/C10H12Cl2N2O2S/c1-6(11)9(15)13-10(16)14(2)5-7-3-4-8(12)17-7/h3-4,6H,5H2,1-2H3,(H,13,15,16). The molecule has 1 aromatic rings. The van der Waals surface area contributed by atoms with Crippen LogP contribution in [0.4, 0.5) is 4.79 Å². The van der Waals surface area contributed by atoms with Gasteiger partial charge in [0.05, 0.1) is 10.9 Å². The molecule has 0 spiro atoms. The predicted molar refractivity (Wildman–Crippen MR) is 69.6 cm³/mol. The molecule has 0 saturated heterocycles. The zero-order valence-corrected chi connectivity index (χ0v) is 11.7. The number of alkyl halides is 1. The van der Waals surface area contributed by atoms with Crippen LogP contribution >= 0.6 is 34.5 Å². The number of halogens is 2. The smallest absolute Gasteiger partial charge is 0.322 e. The fraction of sp³-hybridized carbons (Fsp3) is 0.400. The van der Waals surface area contributed by atoms with E-state index < -0.39 is 17.3 Å². The maximum absolute atomic E-state index is 11.6. The molecule has 1 atom stereocenters. The van der Waals surface area contributed by atoms with E-state index >= 15 is 0 Å². The van der Waals surface area contributed by atoms with Crippen molar-refractivity contribution in [2.75, 3.05) is 7.05 Å². The Labute approximate surface area is 114 Å². The third-order valence-corrected chi connectivity index (χ3v) is 3.37. The zero-order valence-electron chi connectivity index (χ0n) is 9.37. The second-order valence-electron chi connectivity index (χ2n) is 3.47. The fourth-order valence-corrected chi connectivity index (χ4v) is 2.24. The van der Waals surface area contributed by atoms with Crippen LogP contribution in [0.25, 0.3) is 0 Å². The minimum absolute atomic E-state index is 0.396. The van der Waals surface area contributed by atoms with Crippen molar-refractivity contribution in [2.45, 2.75) is 18.8 Å². The Morgan fingerprint density at radius 1 is 1.53 bits per heavy atom. The number of hydrogen-bond donors (Lipinski definition) is 1. The number of carbonyl (C=O) groups is 2. The number of hydrogen-bond acceptors (Lipinski definition) is 3. The molecule has 0 aliphatic carbocycles. The second kappa shape index (κ2) is 6.23. The topological polar surface area (TPSA) is 49.4 Å². The number of rotatable bonds is 3. The summed E-state index contributed by atoms with van der Waals surface area (Å²) in [5.41, 5.74) is 0. The molecule has 4 nitrogen and oxygen atoms in total. The molecule has 0 aromatic carbocycles. The van der Waals surface area contributed by atoms with Crippen molar-refractivity contribution in [1.29, 1.82) is 0 Å². The number of imide groups is 1. The SMILES string of the molecule is CC(Cl)C(=O)NC(=O)N(C)Cc1ccc(Cl)s1. The van der Waals surface area contributed by atoms with E-state index in [0.29, 0.717) is 10.9 Å². The van der Waals surface area contributed by atoms with Gasteiger partial charge >= 0.3 is 6.03 Å². The molecular formula is C10H12Cl2N2O2S. The van der Waals surface area contributed by atoms with Crippen LogP contribution in [0, 0.1) is 0 Å². The van der Waals surface area contributed by atoms with Gasteiger partial charge in [0.1, 0.15) is 5.38 Å². The number of carbonyl (C=O) groups excluding carboxylic acids is 2. The fourth-order valence-electron chi connectivity index (χ4n) is 1.04. The van der Waals surface area contributed by atoms with Crippen molar-refractivity contribution in [3.05, 3.63) is 21.3 Å². The molecular weight excluding hydrogens is 283 g/mol. The molecule has 1 aromatic heterocycles. The highest BCUT2D eigenvalue weighted by Gasteiger charge is 2.16. The van der Waals surface area contributed by atoms with Crippen LogP contribution in [0.2, 0.25) is 4.34 Å². The molecule has 1 rings (SSSR count). The number of urea groups is 1. The first-order valence-corrected chi connectivity index (χ1v) is 6.47. The first kappa shape index (κ1) is 14.3. The van der Waals surface area contributed by atoms with Gasteiger partial charge in [-0.15, -0.1) is 22.9 Å². The van der Waals surface area contributed by atoms with E-state index in [1.807, 2.05) is 6.07 Å². The summed E-state index contributed by atoms with van der Waals surface area (Å²) in [6, 6.07) is 3.12. The van der Waals surface area contributed by atoms with Crippen molar-refractivity contribution in [3.63, 3.8) is 0 Å². The molecule has 0 fully saturated rings. The van der Waals surface area contributed by atoms with Gasteiger partial charge in [-0.1, -0.05) is 11.6 Å². The van der Waals surface area contributed by atoms with Crippen LogP contribution in [-0.2, 0) is 11.3 Å². The molecule has 1 heterocycles. The van der Waals surface area contributed by atoms with Gasteiger partial charge in [-0.25, -0.2) is 4.79 Å². The van der Waals surface area contributed by atoms with E-state index in [4.69, 9.17) is 23.2 Å². The van der Waals surface area contributed by atoms with Crippen LogP contribution in [0.15, 0.2) is 12.1 Å². The third kappa shape index (κ3) is 4.53. The maximum Gasteiger partial charge on any atom is 0.324 e. The van der Waals surface area contributed by atoms with E-state index in [9.17, 15) is 9.59 Å². The summed E-state index contributed by atoms with van der Waals surface area (Å²) >= 11 is 12.7. The number of thiophene rings is 1. The van der Waals surface area contributed by atoms with Gasteiger partial charge in [-0.2, -0.15) is 0 Å². The van der Waals surface area contributed by atoms with E-state index in [0.717, 1.165) is 4.88 Å². The minimum Gasteiger partial charge on any atom is -0.322 e. The lowest BCUT2D eigenvalue weighted by Gasteiger charge is -2.16. The summed E-state index contributed by atoms with van der Waals surface area (Å²) in [5, 5.41) is 1.46. The molecule has 0 aliphatic rings. The van der Waals surface area contributed by atoms with Crippen LogP contribution < -0.4 is 5.32 Å². The van der Waals surface area contributed by atoms with E-state index in [1.54, 1.807) is 13.1 Å². The predicted octanol–water partition coefficient (Wildman–Crippen LogP) is 2.70. The first-order valence-electron chi connectivity index (χ1n) is 4.84.